The SMILES string of the molecule is Cc1c([C@H]2OCC[C@@H]2NC[C@@H](O)COCC(C)C)cnn1C. The van der Waals surface area contributed by atoms with E-state index in [-0.39, 0.29) is 12.1 Å². The molecule has 2 rings (SSSR count). The van der Waals surface area contributed by atoms with Gasteiger partial charge in [-0.3, -0.25) is 4.68 Å². The summed E-state index contributed by atoms with van der Waals surface area (Å²) in [5.41, 5.74) is 2.25. The number of aryl methyl sites for hydroxylation is 1. The summed E-state index contributed by atoms with van der Waals surface area (Å²) in [5, 5.41) is 17.7. The van der Waals surface area contributed by atoms with Gasteiger partial charge in [-0.1, -0.05) is 13.8 Å². The molecule has 0 saturated carbocycles. The predicted octanol–water partition coefficient (Wildman–Crippen LogP) is 1.18. The van der Waals surface area contributed by atoms with E-state index in [1.807, 2.05) is 17.9 Å². The zero-order chi connectivity index (χ0) is 16.1. The maximum Gasteiger partial charge on any atom is 0.101 e. The maximum atomic E-state index is 9.99. The van der Waals surface area contributed by atoms with E-state index in [0.29, 0.717) is 25.7 Å². The standard InChI is InChI=1S/C16H29N3O3/c1-11(2)9-21-10-13(20)7-17-15-5-6-22-16(15)14-8-18-19(4)12(14)3/h8,11,13,15-17,20H,5-7,9-10H2,1-4H3/t13-,15+,16-/m1/s1. The Kier molecular flexibility index (Phi) is 6.37. The third-order valence-corrected chi connectivity index (χ3v) is 4.05. The monoisotopic (exact) mass is 311 g/mol. The minimum absolute atomic E-state index is 0.0116. The van der Waals surface area contributed by atoms with Crippen molar-refractivity contribution in [3.63, 3.8) is 0 Å². The van der Waals surface area contributed by atoms with Gasteiger partial charge in [-0.15, -0.1) is 0 Å². The fourth-order valence-corrected chi connectivity index (χ4v) is 2.69. The smallest absolute Gasteiger partial charge is 0.101 e. The third-order valence-electron chi connectivity index (χ3n) is 4.05. The molecule has 2 N–H and O–H groups in total. The first-order chi connectivity index (χ1) is 10.5. The lowest BCUT2D eigenvalue weighted by Crippen LogP contribution is -2.39. The van der Waals surface area contributed by atoms with Crippen LogP contribution in [0.15, 0.2) is 6.20 Å². The minimum Gasteiger partial charge on any atom is -0.389 e. The van der Waals surface area contributed by atoms with E-state index >= 15 is 0 Å². The quantitative estimate of drug-likeness (QED) is 0.754. The summed E-state index contributed by atoms with van der Waals surface area (Å²) in [4.78, 5) is 0. The average molecular weight is 311 g/mol. The first-order valence-corrected chi connectivity index (χ1v) is 8.08. The molecule has 0 spiro atoms. The van der Waals surface area contributed by atoms with E-state index in [1.54, 1.807) is 0 Å². The van der Waals surface area contributed by atoms with Crippen LogP contribution < -0.4 is 5.32 Å². The highest BCUT2D eigenvalue weighted by Gasteiger charge is 2.31. The molecule has 3 atom stereocenters. The average Bonchev–Trinajstić information content (AvgIpc) is 3.04. The highest BCUT2D eigenvalue weighted by Crippen LogP contribution is 2.30. The highest BCUT2D eigenvalue weighted by molar-refractivity contribution is 5.21. The molecule has 0 radical (unpaired) electrons. The van der Waals surface area contributed by atoms with Crippen molar-refractivity contribution in [2.24, 2.45) is 13.0 Å². The van der Waals surface area contributed by atoms with Crippen LogP contribution in [0, 0.1) is 12.8 Å². The number of nitrogens with zero attached hydrogens (tertiary/aromatic N) is 2. The van der Waals surface area contributed by atoms with Crippen molar-refractivity contribution >= 4 is 0 Å². The number of nitrogens with one attached hydrogen (secondary N) is 1. The molecule has 0 unspecified atom stereocenters. The zero-order valence-corrected chi connectivity index (χ0v) is 14.1. The molecular weight excluding hydrogens is 282 g/mol. The van der Waals surface area contributed by atoms with Gasteiger partial charge in [0, 0.05) is 44.1 Å². The Morgan fingerprint density at radius 2 is 2.27 bits per heavy atom. The molecule has 0 amide bonds. The van der Waals surface area contributed by atoms with E-state index in [2.05, 4.69) is 31.2 Å². The fraction of sp³-hybridized carbons (Fsp3) is 0.812. The largest absolute Gasteiger partial charge is 0.389 e. The van der Waals surface area contributed by atoms with Gasteiger partial charge < -0.3 is 19.9 Å². The Balaban J connectivity index is 1.80. The van der Waals surface area contributed by atoms with E-state index in [9.17, 15) is 5.11 Å². The number of hydrogen-bond acceptors (Lipinski definition) is 5. The van der Waals surface area contributed by atoms with Crippen LogP contribution in [-0.2, 0) is 16.5 Å². The number of ether oxygens (including phenoxy) is 2. The van der Waals surface area contributed by atoms with Crippen LogP contribution in [0.3, 0.4) is 0 Å². The van der Waals surface area contributed by atoms with Crippen LogP contribution in [0.25, 0.3) is 0 Å². The van der Waals surface area contributed by atoms with Crippen LogP contribution in [0.1, 0.15) is 37.6 Å². The molecule has 6 heteroatoms. The van der Waals surface area contributed by atoms with Gasteiger partial charge in [-0.2, -0.15) is 5.10 Å². The van der Waals surface area contributed by atoms with Gasteiger partial charge in [0.25, 0.3) is 0 Å². The number of aliphatic hydroxyl groups is 1. The number of aromatic nitrogens is 2. The van der Waals surface area contributed by atoms with E-state index < -0.39 is 6.10 Å². The van der Waals surface area contributed by atoms with Gasteiger partial charge in [0.2, 0.25) is 0 Å². The summed E-state index contributed by atoms with van der Waals surface area (Å²) in [5.74, 6) is 0.487. The first-order valence-electron chi connectivity index (χ1n) is 8.08. The predicted molar refractivity (Wildman–Crippen MR) is 84.7 cm³/mol. The maximum absolute atomic E-state index is 9.99. The second kappa shape index (κ2) is 8.06. The second-order valence-corrected chi connectivity index (χ2v) is 6.49. The minimum atomic E-state index is -0.491. The zero-order valence-electron chi connectivity index (χ0n) is 14.1. The van der Waals surface area contributed by atoms with Crippen LogP contribution >= 0.6 is 0 Å². The molecule has 1 aliphatic heterocycles. The molecule has 1 saturated heterocycles. The van der Waals surface area contributed by atoms with Gasteiger partial charge in [-0.25, -0.2) is 0 Å². The molecule has 2 heterocycles. The first kappa shape index (κ1) is 17.4. The van der Waals surface area contributed by atoms with E-state index in [4.69, 9.17) is 9.47 Å². The van der Waals surface area contributed by atoms with Crippen molar-refractivity contribution in [3.8, 4) is 0 Å². The molecular formula is C16H29N3O3. The lowest BCUT2D eigenvalue weighted by Gasteiger charge is -2.21. The van der Waals surface area contributed by atoms with Crippen LogP contribution in [0.5, 0.6) is 0 Å². The summed E-state index contributed by atoms with van der Waals surface area (Å²) in [6.45, 7) is 8.55. The molecule has 1 aromatic rings. The summed E-state index contributed by atoms with van der Waals surface area (Å²) >= 11 is 0. The lowest BCUT2D eigenvalue weighted by atomic mass is 10.0. The van der Waals surface area contributed by atoms with Crippen molar-refractivity contribution in [2.75, 3.05) is 26.4 Å². The van der Waals surface area contributed by atoms with Crippen LogP contribution in [-0.4, -0.2) is 53.4 Å². The number of aliphatic hydroxyl groups excluding tert-OH is 1. The fourth-order valence-electron chi connectivity index (χ4n) is 2.69. The Bertz CT molecular complexity index is 461. The van der Waals surface area contributed by atoms with Crippen molar-refractivity contribution in [1.82, 2.24) is 15.1 Å². The van der Waals surface area contributed by atoms with E-state index in [1.165, 1.54) is 0 Å². The highest BCUT2D eigenvalue weighted by atomic mass is 16.5. The summed E-state index contributed by atoms with van der Waals surface area (Å²) in [7, 11) is 1.94. The van der Waals surface area contributed by atoms with Crippen LogP contribution in [0.4, 0.5) is 0 Å². The summed E-state index contributed by atoms with van der Waals surface area (Å²) in [6, 6.07) is 0.211. The van der Waals surface area contributed by atoms with E-state index in [0.717, 1.165) is 24.3 Å². The lowest BCUT2D eigenvalue weighted by molar-refractivity contribution is 0.0228. The van der Waals surface area contributed by atoms with Gasteiger partial charge in [0.15, 0.2) is 0 Å². The number of rotatable bonds is 8. The Morgan fingerprint density at radius 1 is 1.50 bits per heavy atom. The molecule has 0 aliphatic carbocycles. The van der Waals surface area contributed by atoms with Crippen molar-refractivity contribution in [1.29, 1.82) is 0 Å². The Morgan fingerprint density at radius 3 is 2.91 bits per heavy atom. The number of hydrogen-bond donors (Lipinski definition) is 2. The summed E-state index contributed by atoms with van der Waals surface area (Å²) < 4.78 is 13.2. The van der Waals surface area contributed by atoms with Gasteiger partial charge in [0.1, 0.15) is 6.10 Å². The molecule has 6 nitrogen and oxygen atoms in total. The molecule has 1 aromatic heterocycles. The second-order valence-electron chi connectivity index (χ2n) is 6.49. The van der Waals surface area contributed by atoms with Crippen LogP contribution in [0.2, 0.25) is 0 Å². The third kappa shape index (κ3) is 4.52. The van der Waals surface area contributed by atoms with Gasteiger partial charge >= 0.3 is 0 Å². The van der Waals surface area contributed by atoms with Crippen molar-refractivity contribution in [2.45, 2.75) is 45.4 Å². The molecule has 22 heavy (non-hydrogen) atoms. The van der Waals surface area contributed by atoms with Crippen molar-refractivity contribution < 1.29 is 14.6 Å². The molecule has 0 bridgehead atoms. The topological polar surface area (TPSA) is 68.5 Å². The van der Waals surface area contributed by atoms with Crippen molar-refractivity contribution in [3.05, 3.63) is 17.5 Å². The van der Waals surface area contributed by atoms with Gasteiger partial charge in [-0.05, 0) is 19.3 Å². The molecule has 126 valence electrons. The van der Waals surface area contributed by atoms with Gasteiger partial charge in [0.05, 0.1) is 18.9 Å². The molecule has 1 fully saturated rings. The Hall–Kier alpha value is -0.950. The Labute approximate surface area is 132 Å². The molecule has 1 aliphatic rings. The summed E-state index contributed by atoms with van der Waals surface area (Å²) in [6.07, 6.45) is 2.34. The molecule has 0 aromatic carbocycles. The normalized spacial score (nSPS) is 23.4.